The summed E-state index contributed by atoms with van der Waals surface area (Å²) in [6.07, 6.45) is 0.374. The van der Waals surface area contributed by atoms with Crippen molar-refractivity contribution in [2.45, 2.75) is 39.3 Å². The number of nitrogens with one attached hydrogen (secondary N) is 4. The van der Waals surface area contributed by atoms with Gasteiger partial charge in [-0.25, -0.2) is 8.78 Å². The number of guanidine groups is 1. The fraction of sp³-hybridized carbons (Fsp3) is 0.375. The van der Waals surface area contributed by atoms with Gasteiger partial charge in [-0.2, -0.15) is 0 Å². The van der Waals surface area contributed by atoms with Gasteiger partial charge in [0.2, 0.25) is 11.8 Å². The molecule has 0 bridgehead atoms. The number of halogens is 2. The molecule has 184 valence electrons. The van der Waals surface area contributed by atoms with Crippen LogP contribution in [0.15, 0.2) is 36.4 Å². The molecule has 0 fully saturated rings. The molecule has 0 aliphatic rings. The zero-order valence-electron chi connectivity index (χ0n) is 19.6. The molecule has 34 heavy (non-hydrogen) atoms. The normalized spacial score (nSPS) is 11.5. The lowest BCUT2D eigenvalue weighted by Gasteiger charge is -2.21. The van der Waals surface area contributed by atoms with E-state index in [0.29, 0.717) is 29.0 Å². The average Bonchev–Trinajstić information content (AvgIpc) is 2.78. The Morgan fingerprint density at radius 2 is 1.65 bits per heavy atom. The van der Waals surface area contributed by atoms with Gasteiger partial charge in [0.1, 0.15) is 6.04 Å². The number of methoxy groups -OCH3 is 2. The van der Waals surface area contributed by atoms with Gasteiger partial charge in [-0.05, 0) is 47.7 Å². The number of rotatable bonds is 10. The number of ether oxygens (including phenoxy) is 2. The van der Waals surface area contributed by atoms with Crippen molar-refractivity contribution < 1.29 is 27.8 Å². The van der Waals surface area contributed by atoms with Crippen LogP contribution in [0.2, 0.25) is 0 Å². The van der Waals surface area contributed by atoms with Crippen LogP contribution in [-0.4, -0.2) is 38.0 Å². The Bertz CT molecular complexity index is 1030. The summed E-state index contributed by atoms with van der Waals surface area (Å²) in [5, 5.41) is 15.9. The number of hydrogen-bond donors (Lipinski definition) is 4. The van der Waals surface area contributed by atoms with E-state index in [-0.39, 0.29) is 24.8 Å². The van der Waals surface area contributed by atoms with Gasteiger partial charge in [-0.15, -0.1) is 0 Å². The van der Waals surface area contributed by atoms with Gasteiger partial charge in [-0.3, -0.25) is 20.3 Å². The quantitative estimate of drug-likeness (QED) is 0.311. The summed E-state index contributed by atoms with van der Waals surface area (Å²) >= 11 is 0. The summed E-state index contributed by atoms with van der Waals surface area (Å²) in [5.41, 5.74) is 1.06. The largest absolute Gasteiger partial charge is 0.493 e. The van der Waals surface area contributed by atoms with Crippen LogP contribution in [0.4, 0.5) is 8.78 Å². The third-order valence-electron chi connectivity index (χ3n) is 4.87. The van der Waals surface area contributed by atoms with Crippen LogP contribution in [0.5, 0.6) is 11.5 Å². The molecule has 0 heterocycles. The van der Waals surface area contributed by atoms with E-state index in [2.05, 4.69) is 16.0 Å². The van der Waals surface area contributed by atoms with Crippen molar-refractivity contribution in [3.05, 3.63) is 59.2 Å². The smallest absolute Gasteiger partial charge is 0.242 e. The van der Waals surface area contributed by atoms with Crippen molar-refractivity contribution in [3.63, 3.8) is 0 Å². The van der Waals surface area contributed by atoms with E-state index in [9.17, 15) is 18.4 Å². The molecule has 1 atom stereocenters. The second kappa shape index (κ2) is 12.5. The lowest BCUT2D eigenvalue weighted by molar-refractivity contribution is -0.123. The Morgan fingerprint density at radius 3 is 2.26 bits per heavy atom. The molecule has 0 spiro atoms. The molecule has 10 heteroatoms. The maximum Gasteiger partial charge on any atom is 0.242 e. The monoisotopic (exact) mass is 476 g/mol. The van der Waals surface area contributed by atoms with E-state index in [0.717, 1.165) is 12.1 Å². The molecule has 0 saturated carbocycles. The Hall–Kier alpha value is -3.69. The van der Waals surface area contributed by atoms with Gasteiger partial charge in [-0.1, -0.05) is 26.0 Å². The third kappa shape index (κ3) is 8.02. The molecule has 2 amide bonds. The van der Waals surface area contributed by atoms with Gasteiger partial charge >= 0.3 is 0 Å². The summed E-state index contributed by atoms with van der Waals surface area (Å²) in [5.74, 6) is -2.04. The lowest BCUT2D eigenvalue weighted by Crippen LogP contribution is -2.52. The SMILES string of the molecule is COc1ccc(CC(=O)NC(=N)N[C@H](CC(C)C)C(=O)NCc2ccc(F)c(F)c2)cc1OC. The van der Waals surface area contributed by atoms with Crippen molar-refractivity contribution in [1.82, 2.24) is 16.0 Å². The topological polar surface area (TPSA) is 113 Å². The molecule has 0 radical (unpaired) electrons. The second-order valence-electron chi connectivity index (χ2n) is 8.08. The highest BCUT2D eigenvalue weighted by molar-refractivity contribution is 5.98. The van der Waals surface area contributed by atoms with Crippen LogP contribution in [0, 0.1) is 23.0 Å². The van der Waals surface area contributed by atoms with Crippen LogP contribution >= 0.6 is 0 Å². The predicted molar refractivity (Wildman–Crippen MR) is 124 cm³/mol. The van der Waals surface area contributed by atoms with E-state index in [1.807, 2.05) is 13.8 Å². The summed E-state index contributed by atoms with van der Waals surface area (Å²) in [6.45, 7) is 3.82. The van der Waals surface area contributed by atoms with Crippen molar-refractivity contribution in [1.29, 1.82) is 5.41 Å². The van der Waals surface area contributed by atoms with Gasteiger partial charge in [0, 0.05) is 6.54 Å². The highest BCUT2D eigenvalue weighted by Gasteiger charge is 2.21. The minimum absolute atomic E-state index is 0.00863. The Kier molecular flexibility index (Phi) is 9.78. The standard InChI is InChI=1S/C24H30F2N4O4/c1-14(2)9-19(23(32)28-13-16-5-7-17(25)18(26)10-16)29-24(27)30-22(31)12-15-6-8-20(33-3)21(11-15)34-4/h5-8,10-11,14,19H,9,12-13H2,1-4H3,(H,28,32)(H3,27,29,30,31)/t19-/m1/s1. The summed E-state index contributed by atoms with van der Waals surface area (Å²) in [4.78, 5) is 25.1. The van der Waals surface area contributed by atoms with E-state index in [1.54, 1.807) is 18.2 Å². The molecule has 0 saturated heterocycles. The first kappa shape index (κ1) is 26.6. The summed E-state index contributed by atoms with van der Waals surface area (Å²) in [7, 11) is 3.01. The van der Waals surface area contributed by atoms with Crippen molar-refractivity contribution in [2.75, 3.05) is 14.2 Å². The van der Waals surface area contributed by atoms with Crippen molar-refractivity contribution >= 4 is 17.8 Å². The Labute approximate surface area is 197 Å². The fourth-order valence-corrected chi connectivity index (χ4v) is 3.23. The first-order valence-corrected chi connectivity index (χ1v) is 10.7. The molecule has 0 aliphatic carbocycles. The molecule has 8 nitrogen and oxygen atoms in total. The number of hydrogen-bond acceptors (Lipinski definition) is 5. The molecular formula is C24H30F2N4O4. The highest BCUT2D eigenvalue weighted by atomic mass is 19.2. The fourth-order valence-electron chi connectivity index (χ4n) is 3.23. The molecule has 4 N–H and O–H groups in total. The molecule has 0 aromatic heterocycles. The predicted octanol–water partition coefficient (Wildman–Crippen LogP) is 2.90. The number of carbonyl (C=O) groups excluding carboxylic acids is 2. The zero-order valence-corrected chi connectivity index (χ0v) is 19.6. The van der Waals surface area contributed by atoms with Crippen molar-refractivity contribution in [2.24, 2.45) is 5.92 Å². The third-order valence-corrected chi connectivity index (χ3v) is 4.87. The number of amides is 2. The van der Waals surface area contributed by atoms with Gasteiger partial charge in [0.25, 0.3) is 0 Å². The molecule has 2 rings (SSSR count). The minimum Gasteiger partial charge on any atom is -0.493 e. The second-order valence-corrected chi connectivity index (χ2v) is 8.08. The number of benzene rings is 2. The van der Waals surface area contributed by atoms with Crippen LogP contribution in [0.1, 0.15) is 31.4 Å². The van der Waals surface area contributed by atoms with Crippen LogP contribution in [0.3, 0.4) is 0 Å². The van der Waals surface area contributed by atoms with Crippen molar-refractivity contribution in [3.8, 4) is 11.5 Å². The summed E-state index contributed by atoms with van der Waals surface area (Å²) < 4.78 is 36.9. The van der Waals surface area contributed by atoms with E-state index >= 15 is 0 Å². The zero-order chi connectivity index (χ0) is 25.3. The first-order chi connectivity index (χ1) is 16.1. The van der Waals surface area contributed by atoms with E-state index < -0.39 is 29.5 Å². The molecule has 2 aromatic rings. The first-order valence-electron chi connectivity index (χ1n) is 10.7. The number of carbonyl (C=O) groups is 2. The highest BCUT2D eigenvalue weighted by Crippen LogP contribution is 2.27. The average molecular weight is 477 g/mol. The van der Waals surface area contributed by atoms with E-state index in [1.165, 1.54) is 20.3 Å². The molecule has 0 aliphatic heterocycles. The molecule has 2 aromatic carbocycles. The maximum atomic E-state index is 13.4. The van der Waals surface area contributed by atoms with Crippen LogP contribution in [0.25, 0.3) is 0 Å². The minimum atomic E-state index is -0.998. The molecular weight excluding hydrogens is 446 g/mol. The van der Waals surface area contributed by atoms with Gasteiger partial charge < -0.3 is 20.1 Å². The van der Waals surface area contributed by atoms with Gasteiger partial charge in [0.15, 0.2) is 29.1 Å². The van der Waals surface area contributed by atoms with Crippen LogP contribution < -0.4 is 25.4 Å². The van der Waals surface area contributed by atoms with Crippen LogP contribution in [-0.2, 0) is 22.6 Å². The Morgan fingerprint density at radius 1 is 0.971 bits per heavy atom. The molecule has 0 unspecified atom stereocenters. The maximum absolute atomic E-state index is 13.4. The summed E-state index contributed by atoms with van der Waals surface area (Å²) in [6, 6.07) is 7.63. The Balaban J connectivity index is 1.95. The van der Waals surface area contributed by atoms with E-state index in [4.69, 9.17) is 14.9 Å². The van der Waals surface area contributed by atoms with Gasteiger partial charge in [0.05, 0.1) is 20.6 Å². The lowest BCUT2D eigenvalue weighted by atomic mass is 10.0.